The van der Waals surface area contributed by atoms with Gasteiger partial charge < -0.3 is 5.32 Å². The molecule has 0 fully saturated rings. The summed E-state index contributed by atoms with van der Waals surface area (Å²) in [5, 5.41) is 2.95. The number of hydrogen-bond acceptors (Lipinski definition) is 3. The van der Waals surface area contributed by atoms with E-state index in [0.717, 1.165) is 22.9 Å². The molecule has 23 heavy (non-hydrogen) atoms. The Bertz CT molecular complexity index is 616. The molecule has 0 saturated carbocycles. The molecule has 2 rings (SSSR count). The molecule has 2 aromatic carbocycles. The first-order chi connectivity index (χ1) is 11.2. The average Bonchev–Trinajstić information content (AvgIpc) is 2.57. The minimum atomic E-state index is -0.0706. The second-order valence-electron chi connectivity index (χ2n) is 5.34. The Labute approximate surface area is 147 Å². The van der Waals surface area contributed by atoms with E-state index >= 15 is 0 Å². The molecule has 2 aromatic rings. The lowest BCUT2D eigenvalue weighted by atomic mass is 10.1. The Hall–Kier alpha value is -1.39. The lowest BCUT2D eigenvalue weighted by molar-refractivity contribution is -0.120. The van der Waals surface area contributed by atoms with Crippen molar-refractivity contribution in [2.45, 2.75) is 29.7 Å². The van der Waals surface area contributed by atoms with E-state index in [9.17, 15) is 4.79 Å². The lowest BCUT2D eigenvalue weighted by Gasteiger charge is -2.12. The smallest absolute Gasteiger partial charge is 0.233 e. The molecule has 0 unspecified atom stereocenters. The molecule has 4 heteroatoms. The van der Waals surface area contributed by atoms with E-state index in [-0.39, 0.29) is 11.2 Å². The van der Waals surface area contributed by atoms with E-state index in [1.807, 2.05) is 49.0 Å². The SMILES string of the molecule is Cc1ccccc1CSCCNC(=O)[C@H](C)Sc1ccccc1. The maximum atomic E-state index is 12.1. The average molecular weight is 346 g/mol. The molecular formula is C19H23NOS2. The van der Waals surface area contributed by atoms with Gasteiger partial charge in [0.1, 0.15) is 0 Å². The van der Waals surface area contributed by atoms with Crippen LogP contribution in [0, 0.1) is 6.92 Å². The van der Waals surface area contributed by atoms with E-state index in [1.54, 1.807) is 11.8 Å². The van der Waals surface area contributed by atoms with Crippen LogP contribution in [0.25, 0.3) is 0 Å². The van der Waals surface area contributed by atoms with Crippen LogP contribution in [0.4, 0.5) is 0 Å². The maximum absolute atomic E-state index is 12.1. The number of rotatable bonds is 8. The first-order valence-electron chi connectivity index (χ1n) is 7.78. The maximum Gasteiger partial charge on any atom is 0.233 e. The van der Waals surface area contributed by atoms with Gasteiger partial charge in [-0.3, -0.25) is 4.79 Å². The zero-order chi connectivity index (χ0) is 16.5. The van der Waals surface area contributed by atoms with Crippen molar-refractivity contribution in [3.8, 4) is 0 Å². The minimum Gasteiger partial charge on any atom is -0.354 e. The first kappa shape index (κ1) is 18.0. The van der Waals surface area contributed by atoms with Gasteiger partial charge in [0.25, 0.3) is 0 Å². The molecule has 0 bridgehead atoms. The van der Waals surface area contributed by atoms with Crippen molar-refractivity contribution in [1.29, 1.82) is 0 Å². The molecule has 0 aliphatic heterocycles. The first-order valence-corrected chi connectivity index (χ1v) is 9.82. The molecule has 0 aromatic heterocycles. The van der Waals surface area contributed by atoms with Crippen molar-refractivity contribution in [3.05, 3.63) is 65.7 Å². The Morgan fingerprint density at radius 2 is 1.78 bits per heavy atom. The molecule has 122 valence electrons. The van der Waals surface area contributed by atoms with Gasteiger partial charge >= 0.3 is 0 Å². The van der Waals surface area contributed by atoms with E-state index < -0.39 is 0 Å². The Morgan fingerprint density at radius 3 is 2.52 bits per heavy atom. The van der Waals surface area contributed by atoms with Crippen LogP contribution in [0.5, 0.6) is 0 Å². The highest BCUT2D eigenvalue weighted by molar-refractivity contribution is 8.00. The molecule has 1 N–H and O–H groups in total. The second-order valence-corrected chi connectivity index (χ2v) is 7.86. The monoisotopic (exact) mass is 345 g/mol. The van der Waals surface area contributed by atoms with Crippen molar-refractivity contribution < 1.29 is 4.79 Å². The van der Waals surface area contributed by atoms with Gasteiger partial charge in [-0.05, 0) is 37.1 Å². The number of carbonyl (C=O) groups is 1. The van der Waals surface area contributed by atoms with Crippen molar-refractivity contribution >= 4 is 29.4 Å². The van der Waals surface area contributed by atoms with Crippen LogP contribution in [-0.2, 0) is 10.5 Å². The molecular weight excluding hydrogens is 322 g/mol. The number of hydrogen-bond donors (Lipinski definition) is 1. The Morgan fingerprint density at radius 1 is 1.09 bits per heavy atom. The highest BCUT2D eigenvalue weighted by Gasteiger charge is 2.13. The van der Waals surface area contributed by atoms with E-state index in [4.69, 9.17) is 0 Å². The molecule has 0 radical (unpaired) electrons. The Kier molecular flexibility index (Phi) is 7.56. The summed E-state index contributed by atoms with van der Waals surface area (Å²) >= 11 is 3.45. The quantitative estimate of drug-likeness (QED) is 0.563. The topological polar surface area (TPSA) is 29.1 Å². The van der Waals surface area contributed by atoms with Gasteiger partial charge in [-0.1, -0.05) is 42.5 Å². The fraction of sp³-hybridized carbons (Fsp3) is 0.316. The van der Waals surface area contributed by atoms with Gasteiger partial charge in [-0.25, -0.2) is 0 Å². The molecule has 0 spiro atoms. The van der Waals surface area contributed by atoms with Crippen LogP contribution >= 0.6 is 23.5 Å². The van der Waals surface area contributed by atoms with E-state index in [1.165, 1.54) is 11.1 Å². The summed E-state index contributed by atoms with van der Waals surface area (Å²) < 4.78 is 0. The summed E-state index contributed by atoms with van der Waals surface area (Å²) in [6, 6.07) is 18.5. The molecule has 1 amide bonds. The zero-order valence-electron chi connectivity index (χ0n) is 13.6. The number of thioether (sulfide) groups is 2. The summed E-state index contributed by atoms with van der Waals surface area (Å²) in [6.45, 7) is 4.81. The van der Waals surface area contributed by atoms with Gasteiger partial charge in [0, 0.05) is 22.9 Å². The minimum absolute atomic E-state index is 0.0706. The third-order valence-corrected chi connectivity index (χ3v) is 5.61. The van der Waals surface area contributed by atoms with Gasteiger partial charge in [0.2, 0.25) is 5.91 Å². The summed E-state index contributed by atoms with van der Waals surface area (Å²) in [4.78, 5) is 13.2. The highest BCUT2D eigenvalue weighted by atomic mass is 32.2. The van der Waals surface area contributed by atoms with Crippen LogP contribution < -0.4 is 5.32 Å². The molecule has 2 nitrogen and oxygen atoms in total. The van der Waals surface area contributed by atoms with Crippen LogP contribution in [0.1, 0.15) is 18.1 Å². The zero-order valence-corrected chi connectivity index (χ0v) is 15.3. The fourth-order valence-electron chi connectivity index (χ4n) is 2.10. The Balaban J connectivity index is 1.64. The van der Waals surface area contributed by atoms with Crippen LogP contribution in [0.15, 0.2) is 59.5 Å². The predicted octanol–water partition coefficient (Wildman–Crippen LogP) is 4.53. The van der Waals surface area contributed by atoms with Gasteiger partial charge in [0.05, 0.1) is 5.25 Å². The van der Waals surface area contributed by atoms with Gasteiger partial charge in [0.15, 0.2) is 0 Å². The summed E-state index contributed by atoms with van der Waals surface area (Å²) in [6.07, 6.45) is 0. The predicted molar refractivity (Wildman–Crippen MR) is 102 cm³/mol. The van der Waals surface area contributed by atoms with Crippen molar-refractivity contribution in [1.82, 2.24) is 5.32 Å². The third kappa shape index (κ3) is 6.32. The normalized spacial score (nSPS) is 11.9. The highest BCUT2D eigenvalue weighted by Crippen LogP contribution is 2.22. The lowest BCUT2D eigenvalue weighted by Crippen LogP contribution is -2.32. The van der Waals surface area contributed by atoms with E-state index in [0.29, 0.717) is 0 Å². The largest absolute Gasteiger partial charge is 0.354 e. The van der Waals surface area contributed by atoms with Crippen LogP contribution in [-0.4, -0.2) is 23.5 Å². The third-order valence-electron chi connectivity index (χ3n) is 3.49. The van der Waals surface area contributed by atoms with Crippen molar-refractivity contribution in [3.63, 3.8) is 0 Å². The molecule has 0 aliphatic carbocycles. The fourth-order valence-corrected chi connectivity index (χ4v) is 3.95. The van der Waals surface area contributed by atoms with Crippen molar-refractivity contribution in [2.24, 2.45) is 0 Å². The molecule has 0 heterocycles. The number of amides is 1. The standard InChI is InChI=1S/C19H23NOS2/c1-15-8-6-7-9-17(15)14-22-13-12-20-19(21)16(2)23-18-10-4-3-5-11-18/h3-11,16H,12-14H2,1-2H3,(H,20,21)/t16-/m0/s1. The summed E-state index contributed by atoms with van der Waals surface area (Å²) in [5.41, 5.74) is 2.70. The summed E-state index contributed by atoms with van der Waals surface area (Å²) in [7, 11) is 0. The summed E-state index contributed by atoms with van der Waals surface area (Å²) in [5.74, 6) is 2.04. The van der Waals surface area contributed by atoms with Gasteiger partial charge in [-0.2, -0.15) is 11.8 Å². The second kappa shape index (κ2) is 9.68. The van der Waals surface area contributed by atoms with Crippen LogP contribution in [0.2, 0.25) is 0 Å². The molecule has 1 atom stereocenters. The molecule has 0 aliphatic rings. The number of benzene rings is 2. The van der Waals surface area contributed by atoms with E-state index in [2.05, 4.69) is 36.5 Å². The van der Waals surface area contributed by atoms with Gasteiger partial charge in [-0.15, -0.1) is 11.8 Å². The van der Waals surface area contributed by atoms with Crippen LogP contribution in [0.3, 0.4) is 0 Å². The molecule has 0 saturated heterocycles. The number of aryl methyl sites for hydroxylation is 1. The number of carbonyl (C=O) groups excluding carboxylic acids is 1. The van der Waals surface area contributed by atoms with Crippen molar-refractivity contribution in [2.75, 3.05) is 12.3 Å². The number of nitrogens with one attached hydrogen (secondary N) is 1.